The summed E-state index contributed by atoms with van der Waals surface area (Å²) in [6, 6.07) is 8.65. The predicted octanol–water partition coefficient (Wildman–Crippen LogP) is 3.68. The Bertz CT molecular complexity index is 560. The number of nitrogens with one attached hydrogen (secondary N) is 1. The molecule has 0 aromatic heterocycles. The van der Waals surface area contributed by atoms with Gasteiger partial charge in [-0.2, -0.15) is 0 Å². The Morgan fingerprint density at radius 2 is 1.58 bits per heavy atom. The van der Waals surface area contributed by atoms with Crippen LogP contribution in [0.3, 0.4) is 0 Å². The highest BCUT2D eigenvalue weighted by Gasteiger charge is 2.28. The molecule has 1 N–H and O–H groups in total. The van der Waals surface area contributed by atoms with Gasteiger partial charge < -0.3 is 14.2 Å². The van der Waals surface area contributed by atoms with E-state index in [0.29, 0.717) is 12.1 Å². The first-order chi connectivity index (χ1) is 12.6. The van der Waals surface area contributed by atoms with Crippen molar-refractivity contribution in [2.45, 2.75) is 52.1 Å². The molecule has 0 heterocycles. The van der Waals surface area contributed by atoms with Gasteiger partial charge in [0.1, 0.15) is 0 Å². The Hall–Kier alpha value is -2.57. The number of benzene rings is 1. The maximum Gasteiger partial charge on any atom is 0.412 e. The van der Waals surface area contributed by atoms with Crippen LogP contribution in [0.1, 0.15) is 46.0 Å². The molecular formula is C19H27NO6. The number of hydrogen-bond acceptors (Lipinski definition) is 6. The van der Waals surface area contributed by atoms with E-state index < -0.39 is 24.1 Å². The molecule has 0 aliphatic heterocycles. The number of esters is 2. The van der Waals surface area contributed by atoms with Crippen LogP contribution in [-0.2, 0) is 23.8 Å². The Morgan fingerprint density at radius 3 is 2.19 bits per heavy atom. The van der Waals surface area contributed by atoms with E-state index in [1.54, 1.807) is 30.3 Å². The highest BCUT2D eigenvalue weighted by Crippen LogP contribution is 2.10. The molecule has 1 aromatic rings. The Labute approximate surface area is 154 Å². The molecule has 0 aliphatic rings. The lowest BCUT2D eigenvalue weighted by Crippen LogP contribution is -2.34. The van der Waals surface area contributed by atoms with Crippen LogP contribution in [0.15, 0.2) is 30.3 Å². The molecule has 0 bridgehead atoms. The van der Waals surface area contributed by atoms with Crippen molar-refractivity contribution in [1.82, 2.24) is 0 Å². The van der Waals surface area contributed by atoms with Gasteiger partial charge in [0.05, 0.1) is 19.6 Å². The van der Waals surface area contributed by atoms with Crippen LogP contribution in [0.25, 0.3) is 0 Å². The van der Waals surface area contributed by atoms with Crippen LogP contribution in [-0.4, -0.2) is 37.3 Å². The van der Waals surface area contributed by atoms with Gasteiger partial charge in [-0.3, -0.25) is 10.1 Å². The summed E-state index contributed by atoms with van der Waals surface area (Å²) in [7, 11) is 0. The highest BCUT2D eigenvalue weighted by molar-refractivity contribution is 5.89. The van der Waals surface area contributed by atoms with E-state index in [4.69, 9.17) is 14.2 Å². The zero-order valence-electron chi connectivity index (χ0n) is 15.4. The minimum absolute atomic E-state index is 0.209. The number of carbonyl (C=O) groups excluding carboxylic acids is 3. The van der Waals surface area contributed by atoms with Crippen LogP contribution in [0.4, 0.5) is 10.5 Å². The molecule has 1 amide bonds. The molecule has 144 valence electrons. The van der Waals surface area contributed by atoms with Crippen molar-refractivity contribution < 1.29 is 28.6 Å². The van der Waals surface area contributed by atoms with Crippen molar-refractivity contribution in [2.75, 3.05) is 18.5 Å². The molecule has 1 unspecified atom stereocenters. The minimum Gasteiger partial charge on any atom is -0.466 e. The highest BCUT2D eigenvalue weighted by atomic mass is 16.6. The number of hydrogen-bond donors (Lipinski definition) is 1. The summed E-state index contributed by atoms with van der Waals surface area (Å²) in [6.45, 7) is 4.41. The monoisotopic (exact) mass is 365 g/mol. The molecule has 0 spiro atoms. The van der Waals surface area contributed by atoms with E-state index in [-0.39, 0.29) is 19.6 Å². The minimum atomic E-state index is -1.34. The smallest absolute Gasteiger partial charge is 0.412 e. The van der Waals surface area contributed by atoms with Gasteiger partial charge in [-0.25, -0.2) is 9.59 Å². The van der Waals surface area contributed by atoms with Gasteiger partial charge in [-0.1, -0.05) is 44.9 Å². The average molecular weight is 365 g/mol. The van der Waals surface area contributed by atoms with Crippen LogP contribution in [0.2, 0.25) is 0 Å². The molecule has 1 atom stereocenters. The zero-order valence-corrected chi connectivity index (χ0v) is 15.4. The van der Waals surface area contributed by atoms with Crippen molar-refractivity contribution in [3.63, 3.8) is 0 Å². The number of unbranched alkanes of at least 4 members (excludes halogenated alkanes) is 2. The van der Waals surface area contributed by atoms with Crippen LogP contribution in [0.5, 0.6) is 0 Å². The first-order valence-corrected chi connectivity index (χ1v) is 8.91. The fraction of sp³-hybridized carbons (Fsp3) is 0.526. The fourth-order valence-corrected chi connectivity index (χ4v) is 1.92. The number of rotatable bonds is 11. The standard InChI is InChI=1S/C19H27NO6/c1-3-5-12-24-17(21)14-16(18(22)25-13-6-4-2)26-19(23)20-15-10-8-7-9-11-15/h7-11,16H,3-6,12-14H2,1-2H3,(H,20,23). The topological polar surface area (TPSA) is 90.9 Å². The number of amides is 1. The second-order valence-corrected chi connectivity index (χ2v) is 5.68. The quantitative estimate of drug-likeness (QED) is 0.365. The van der Waals surface area contributed by atoms with E-state index in [1.165, 1.54) is 0 Å². The lowest BCUT2D eigenvalue weighted by molar-refractivity contribution is -0.160. The summed E-state index contributed by atoms with van der Waals surface area (Å²) in [6.07, 6.45) is 0.594. The maximum absolute atomic E-state index is 12.1. The summed E-state index contributed by atoms with van der Waals surface area (Å²) in [5.41, 5.74) is 0.515. The maximum atomic E-state index is 12.1. The lowest BCUT2D eigenvalue weighted by atomic mass is 10.2. The zero-order chi connectivity index (χ0) is 19.2. The summed E-state index contributed by atoms with van der Waals surface area (Å²) >= 11 is 0. The van der Waals surface area contributed by atoms with Gasteiger partial charge in [0, 0.05) is 5.69 Å². The van der Waals surface area contributed by atoms with E-state index >= 15 is 0 Å². The average Bonchev–Trinajstić information content (AvgIpc) is 2.62. The third-order valence-corrected chi connectivity index (χ3v) is 3.39. The molecule has 26 heavy (non-hydrogen) atoms. The summed E-state index contributed by atoms with van der Waals surface area (Å²) in [5, 5.41) is 2.50. The van der Waals surface area contributed by atoms with Crippen molar-refractivity contribution in [3.05, 3.63) is 30.3 Å². The SMILES string of the molecule is CCCCOC(=O)CC(OC(=O)Nc1ccccc1)C(=O)OCCCC. The van der Waals surface area contributed by atoms with Gasteiger partial charge in [0.2, 0.25) is 6.10 Å². The third kappa shape index (κ3) is 9.05. The molecule has 0 saturated heterocycles. The van der Waals surface area contributed by atoms with Crippen LogP contribution in [0, 0.1) is 0 Å². The molecule has 1 aromatic carbocycles. The number of ether oxygens (including phenoxy) is 3. The van der Waals surface area contributed by atoms with Gasteiger partial charge in [-0.15, -0.1) is 0 Å². The van der Waals surface area contributed by atoms with Crippen LogP contribution < -0.4 is 5.32 Å². The molecule has 7 nitrogen and oxygen atoms in total. The molecule has 7 heteroatoms. The molecular weight excluding hydrogens is 338 g/mol. The molecule has 0 fully saturated rings. The number of anilines is 1. The predicted molar refractivity (Wildman–Crippen MR) is 96.7 cm³/mol. The Morgan fingerprint density at radius 1 is 0.962 bits per heavy atom. The number of carbonyl (C=O) groups is 3. The van der Waals surface area contributed by atoms with Crippen molar-refractivity contribution in [3.8, 4) is 0 Å². The van der Waals surface area contributed by atoms with E-state index in [9.17, 15) is 14.4 Å². The van der Waals surface area contributed by atoms with Gasteiger partial charge >= 0.3 is 18.0 Å². The van der Waals surface area contributed by atoms with Gasteiger partial charge in [0.25, 0.3) is 0 Å². The molecule has 0 radical (unpaired) electrons. The molecule has 1 rings (SSSR count). The van der Waals surface area contributed by atoms with Gasteiger partial charge in [0.15, 0.2) is 0 Å². The van der Waals surface area contributed by atoms with E-state index in [2.05, 4.69) is 5.32 Å². The fourth-order valence-electron chi connectivity index (χ4n) is 1.92. The third-order valence-electron chi connectivity index (χ3n) is 3.39. The van der Waals surface area contributed by atoms with Crippen molar-refractivity contribution in [2.24, 2.45) is 0 Å². The molecule has 0 saturated carbocycles. The Kier molecular flexibility index (Phi) is 10.5. The van der Waals surface area contributed by atoms with Crippen molar-refractivity contribution in [1.29, 1.82) is 0 Å². The summed E-state index contributed by atoms with van der Waals surface area (Å²) < 4.78 is 15.2. The first kappa shape index (κ1) is 21.5. The normalized spacial score (nSPS) is 11.3. The van der Waals surface area contributed by atoms with Crippen molar-refractivity contribution >= 4 is 23.7 Å². The van der Waals surface area contributed by atoms with E-state index in [1.807, 2.05) is 13.8 Å². The first-order valence-electron chi connectivity index (χ1n) is 8.91. The summed E-state index contributed by atoms with van der Waals surface area (Å²) in [5.74, 6) is -1.36. The summed E-state index contributed by atoms with van der Waals surface area (Å²) in [4.78, 5) is 36.0. The second kappa shape index (κ2) is 12.7. The Balaban J connectivity index is 2.61. The van der Waals surface area contributed by atoms with E-state index in [0.717, 1.165) is 19.3 Å². The van der Waals surface area contributed by atoms with Crippen LogP contribution >= 0.6 is 0 Å². The molecule has 0 aliphatic carbocycles. The number of para-hydroxylation sites is 1. The second-order valence-electron chi connectivity index (χ2n) is 5.68. The largest absolute Gasteiger partial charge is 0.466 e. The lowest BCUT2D eigenvalue weighted by Gasteiger charge is -2.17. The van der Waals surface area contributed by atoms with Gasteiger partial charge in [-0.05, 0) is 25.0 Å².